The van der Waals surface area contributed by atoms with Crippen LogP contribution in [-0.2, 0) is 20.7 Å². The molecule has 1 aromatic rings. The summed E-state index contributed by atoms with van der Waals surface area (Å²) in [5.74, 6) is 0.251. The molecule has 172 valence electrons. The highest BCUT2D eigenvalue weighted by Gasteiger charge is 2.37. The molecule has 0 spiro atoms. The van der Waals surface area contributed by atoms with Crippen molar-refractivity contribution in [3.63, 3.8) is 0 Å². The van der Waals surface area contributed by atoms with Gasteiger partial charge in [-0.25, -0.2) is 14.5 Å². The number of benzene rings is 1. The first kappa shape index (κ1) is 24.7. The van der Waals surface area contributed by atoms with Gasteiger partial charge in [-0.2, -0.15) is 0 Å². The fourth-order valence-corrected chi connectivity index (χ4v) is 3.73. The molecule has 3 atom stereocenters. The second-order valence-electron chi connectivity index (χ2n) is 9.64. The molecule has 1 aliphatic heterocycles. The third kappa shape index (κ3) is 8.59. The first-order chi connectivity index (χ1) is 14.5. The van der Waals surface area contributed by atoms with Gasteiger partial charge >= 0.3 is 12.2 Å². The topological polar surface area (TPSA) is 84.9 Å². The molecule has 1 fully saturated rings. The molecule has 0 aromatic heterocycles. The fourth-order valence-electron chi connectivity index (χ4n) is 3.73. The predicted molar refractivity (Wildman–Crippen MR) is 119 cm³/mol. The van der Waals surface area contributed by atoms with Crippen LogP contribution in [0.2, 0.25) is 0 Å². The highest BCUT2D eigenvalue weighted by atomic mass is 16.6. The van der Waals surface area contributed by atoms with E-state index < -0.39 is 12.2 Å². The zero-order valence-electron chi connectivity index (χ0n) is 19.3. The third-order valence-electron chi connectivity index (χ3n) is 5.18. The van der Waals surface area contributed by atoms with Crippen molar-refractivity contribution in [2.45, 2.75) is 71.9 Å². The minimum absolute atomic E-state index is 0.179. The molecular weight excluding hydrogens is 396 g/mol. The molecule has 1 heterocycles. The van der Waals surface area contributed by atoms with Gasteiger partial charge in [-0.3, -0.25) is 4.79 Å². The van der Waals surface area contributed by atoms with Crippen molar-refractivity contribution in [2.75, 3.05) is 13.2 Å². The maximum absolute atomic E-state index is 12.7. The van der Waals surface area contributed by atoms with Gasteiger partial charge in [-0.1, -0.05) is 44.2 Å². The molecule has 31 heavy (non-hydrogen) atoms. The average molecular weight is 433 g/mol. The second kappa shape index (κ2) is 11.2. The molecule has 1 aliphatic rings. The molecule has 0 radical (unpaired) electrons. The molecule has 0 unspecified atom stereocenters. The molecule has 0 saturated carbocycles. The Bertz CT molecular complexity index is 744. The van der Waals surface area contributed by atoms with Gasteiger partial charge in [0.2, 0.25) is 5.91 Å². The van der Waals surface area contributed by atoms with Gasteiger partial charge in [0.1, 0.15) is 6.61 Å². The van der Waals surface area contributed by atoms with Gasteiger partial charge in [0.05, 0.1) is 12.6 Å². The smallest absolute Gasteiger partial charge is 0.416 e. The summed E-state index contributed by atoms with van der Waals surface area (Å²) in [6.45, 7) is 10.4. The molecule has 7 heteroatoms. The van der Waals surface area contributed by atoms with Crippen LogP contribution >= 0.6 is 0 Å². The van der Waals surface area contributed by atoms with Gasteiger partial charge in [0, 0.05) is 12.0 Å². The Kier molecular flexibility index (Phi) is 8.89. The lowest BCUT2D eigenvalue weighted by Crippen LogP contribution is -2.41. The van der Waals surface area contributed by atoms with Gasteiger partial charge < -0.3 is 14.8 Å². The van der Waals surface area contributed by atoms with Crippen molar-refractivity contribution in [1.29, 1.82) is 0 Å². The fraction of sp³-hybridized carbons (Fsp3) is 0.625. The van der Waals surface area contributed by atoms with E-state index in [0.717, 1.165) is 12.0 Å². The number of carbonyl (C=O) groups is 3. The van der Waals surface area contributed by atoms with Crippen LogP contribution in [0.5, 0.6) is 0 Å². The highest BCUT2D eigenvalue weighted by molar-refractivity contribution is 5.93. The van der Waals surface area contributed by atoms with Gasteiger partial charge in [0.25, 0.3) is 0 Å². The van der Waals surface area contributed by atoms with Crippen molar-refractivity contribution >= 4 is 18.1 Å². The predicted octanol–water partition coefficient (Wildman–Crippen LogP) is 4.54. The number of ether oxygens (including phenoxy) is 2. The van der Waals surface area contributed by atoms with Crippen LogP contribution in [0.15, 0.2) is 30.3 Å². The average Bonchev–Trinajstić information content (AvgIpc) is 3.04. The molecule has 1 aromatic carbocycles. The molecule has 2 rings (SSSR count). The Morgan fingerprint density at radius 1 is 1.19 bits per heavy atom. The van der Waals surface area contributed by atoms with E-state index >= 15 is 0 Å². The third-order valence-corrected chi connectivity index (χ3v) is 5.18. The molecule has 1 N–H and O–H groups in total. The summed E-state index contributed by atoms with van der Waals surface area (Å²) < 4.78 is 10.4. The van der Waals surface area contributed by atoms with E-state index in [4.69, 9.17) is 9.47 Å². The molecule has 3 amide bonds. The van der Waals surface area contributed by atoms with E-state index in [1.807, 2.05) is 58.0 Å². The number of rotatable bonds is 9. The number of cyclic esters (lactones) is 1. The molecule has 0 bridgehead atoms. The summed E-state index contributed by atoms with van der Waals surface area (Å²) in [6.07, 6.45) is 1.41. The Hall–Kier alpha value is -2.57. The number of hydrogen-bond donors (Lipinski definition) is 1. The van der Waals surface area contributed by atoms with E-state index in [2.05, 4.69) is 12.2 Å². The second-order valence-corrected chi connectivity index (χ2v) is 9.64. The maximum Gasteiger partial charge on any atom is 0.416 e. The van der Waals surface area contributed by atoms with Gasteiger partial charge in [0.15, 0.2) is 0 Å². The SMILES string of the molecule is C[C@H](CCC(=O)N1C(=O)OC[C@@H]1Cc1ccccc1)C[C@H](C)COC(=O)NC(C)(C)C. The first-order valence-corrected chi connectivity index (χ1v) is 11.0. The molecule has 0 aliphatic carbocycles. The van der Waals surface area contributed by atoms with Gasteiger partial charge in [-0.15, -0.1) is 0 Å². The largest absolute Gasteiger partial charge is 0.449 e. The summed E-state index contributed by atoms with van der Waals surface area (Å²) in [5, 5.41) is 2.77. The Morgan fingerprint density at radius 3 is 2.52 bits per heavy atom. The van der Waals surface area contributed by atoms with Crippen LogP contribution in [0.25, 0.3) is 0 Å². The van der Waals surface area contributed by atoms with Crippen molar-refractivity contribution in [3.05, 3.63) is 35.9 Å². The number of carbonyl (C=O) groups excluding carboxylic acids is 3. The quantitative estimate of drug-likeness (QED) is 0.619. The summed E-state index contributed by atoms with van der Waals surface area (Å²) in [4.78, 5) is 37.9. The molecular formula is C24H36N2O5. The lowest BCUT2D eigenvalue weighted by Gasteiger charge is -2.22. The Morgan fingerprint density at radius 2 is 1.87 bits per heavy atom. The Balaban J connectivity index is 1.76. The number of nitrogens with zero attached hydrogens (tertiary/aromatic N) is 1. The van der Waals surface area contributed by atoms with Crippen LogP contribution < -0.4 is 5.32 Å². The number of nitrogens with one attached hydrogen (secondary N) is 1. The highest BCUT2D eigenvalue weighted by Crippen LogP contribution is 2.22. The van der Waals surface area contributed by atoms with Crippen LogP contribution in [0, 0.1) is 11.8 Å². The van der Waals surface area contributed by atoms with Gasteiger partial charge in [-0.05, 0) is 57.4 Å². The van der Waals surface area contributed by atoms with E-state index in [1.165, 1.54) is 4.90 Å². The minimum Gasteiger partial charge on any atom is -0.449 e. The van der Waals surface area contributed by atoms with Crippen LogP contribution in [-0.4, -0.2) is 47.8 Å². The number of imide groups is 1. The first-order valence-electron chi connectivity index (χ1n) is 11.0. The Labute approximate surface area is 185 Å². The summed E-state index contributed by atoms with van der Waals surface area (Å²) in [6, 6.07) is 9.54. The number of alkyl carbamates (subject to hydrolysis) is 1. The van der Waals surface area contributed by atoms with Crippen LogP contribution in [0.1, 0.15) is 59.4 Å². The van der Waals surface area contributed by atoms with Crippen molar-refractivity contribution in [1.82, 2.24) is 10.2 Å². The number of hydrogen-bond acceptors (Lipinski definition) is 5. The number of amides is 3. The van der Waals surface area contributed by atoms with Crippen LogP contribution in [0.4, 0.5) is 9.59 Å². The monoisotopic (exact) mass is 432 g/mol. The summed E-state index contributed by atoms with van der Waals surface area (Å²) in [5.41, 5.74) is 0.740. The van der Waals surface area contributed by atoms with Crippen molar-refractivity contribution in [3.8, 4) is 0 Å². The standard InChI is InChI=1S/C24H36N2O5/c1-17(13-18(2)15-30-22(28)25-24(3,4)5)11-12-21(27)26-20(16-31-23(26)29)14-19-9-7-6-8-10-19/h6-10,17-18,20H,11-16H2,1-5H3,(H,25,28)/t17-,18+,20+/m1/s1. The molecule has 1 saturated heterocycles. The minimum atomic E-state index is -0.551. The van der Waals surface area contributed by atoms with E-state index in [0.29, 0.717) is 25.9 Å². The van der Waals surface area contributed by atoms with E-state index in [9.17, 15) is 14.4 Å². The zero-order chi connectivity index (χ0) is 23.0. The van der Waals surface area contributed by atoms with E-state index in [1.54, 1.807) is 0 Å². The molecule has 7 nitrogen and oxygen atoms in total. The van der Waals surface area contributed by atoms with Crippen LogP contribution in [0.3, 0.4) is 0 Å². The normalized spacial score (nSPS) is 18.3. The maximum atomic E-state index is 12.7. The summed E-state index contributed by atoms with van der Waals surface area (Å²) >= 11 is 0. The summed E-state index contributed by atoms with van der Waals surface area (Å²) in [7, 11) is 0. The lowest BCUT2D eigenvalue weighted by molar-refractivity contribution is -0.129. The van der Waals surface area contributed by atoms with Crippen molar-refractivity contribution in [2.24, 2.45) is 11.8 Å². The lowest BCUT2D eigenvalue weighted by atomic mass is 9.93. The van der Waals surface area contributed by atoms with E-state index in [-0.39, 0.29) is 35.9 Å². The zero-order valence-corrected chi connectivity index (χ0v) is 19.3. The van der Waals surface area contributed by atoms with Crippen molar-refractivity contribution < 1.29 is 23.9 Å².